The molecule has 1 aliphatic carbocycles. The molecule has 2 aliphatic rings. The largest absolute Gasteiger partial charge is 0.340 e. The quantitative estimate of drug-likeness (QED) is 0.847. The standard InChI is InChI=1S/C17H25N7/c1-23(2)10-12-6-8-24(11-12)17-18-7-5-15(20-17)19-16-9-14(21-22-16)13-3-4-13/h5,7,9,12-13H,3-4,6,8,10-11H2,1-2H3,(H2,18,19,20,21,22)/t12-/m0/s1. The number of H-pyrrole nitrogens is 1. The van der Waals surface area contributed by atoms with Crippen LogP contribution in [-0.4, -0.2) is 58.8 Å². The summed E-state index contributed by atoms with van der Waals surface area (Å²) in [4.78, 5) is 13.7. The minimum Gasteiger partial charge on any atom is -0.340 e. The fraction of sp³-hybridized carbons (Fsp3) is 0.588. The molecular formula is C17H25N7. The second-order valence-electron chi connectivity index (χ2n) is 7.21. The zero-order valence-electron chi connectivity index (χ0n) is 14.4. The van der Waals surface area contributed by atoms with E-state index in [0.29, 0.717) is 11.8 Å². The van der Waals surface area contributed by atoms with Crippen molar-refractivity contribution in [2.24, 2.45) is 5.92 Å². The number of aromatic amines is 1. The van der Waals surface area contributed by atoms with Crippen molar-refractivity contribution >= 4 is 17.6 Å². The lowest BCUT2D eigenvalue weighted by molar-refractivity contribution is 0.340. The van der Waals surface area contributed by atoms with Crippen LogP contribution >= 0.6 is 0 Å². The number of anilines is 3. The Morgan fingerprint density at radius 3 is 2.96 bits per heavy atom. The van der Waals surface area contributed by atoms with Crippen molar-refractivity contribution in [1.29, 1.82) is 0 Å². The van der Waals surface area contributed by atoms with Crippen molar-refractivity contribution in [1.82, 2.24) is 25.1 Å². The average Bonchev–Trinajstić information content (AvgIpc) is 3.13. The summed E-state index contributed by atoms with van der Waals surface area (Å²) in [5.74, 6) is 3.79. The van der Waals surface area contributed by atoms with Crippen LogP contribution in [0.15, 0.2) is 18.3 Å². The molecule has 2 aromatic rings. The van der Waals surface area contributed by atoms with Crippen LogP contribution in [0, 0.1) is 5.92 Å². The van der Waals surface area contributed by atoms with E-state index in [4.69, 9.17) is 0 Å². The minimum atomic E-state index is 0.673. The maximum atomic E-state index is 4.67. The van der Waals surface area contributed by atoms with E-state index in [1.807, 2.05) is 12.3 Å². The van der Waals surface area contributed by atoms with Crippen LogP contribution in [0.3, 0.4) is 0 Å². The number of hydrogen-bond donors (Lipinski definition) is 2. The summed E-state index contributed by atoms with van der Waals surface area (Å²) in [6, 6.07) is 3.98. The van der Waals surface area contributed by atoms with Gasteiger partial charge in [0.25, 0.3) is 0 Å². The zero-order chi connectivity index (χ0) is 16.5. The maximum Gasteiger partial charge on any atom is 0.227 e. The van der Waals surface area contributed by atoms with Gasteiger partial charge in [-0.3, -0.25) is 5.10 Å². The summed E-state index contributed by atoms with van der Waals surface area (Å²) in [5, 5.41) is 10.7. The third kappa shape index (κ3) is 3.51. The second kappa shape index (κ2) is 6.39. The maximum absolute atomic E-state index is 4.67. The zero-order valence-corrected chi connectivity index (χ0v) is 14.4. The Bertz CT molecular complexity index is 692. The van der Waals surface area contributed by atoms with Crippen molar-refractivity contribution in [3.8, 4) is 0 Å². The SMILES string of the molecule is CN(C)C[C@@H]1CCN(c2nccc(Nc3cc(C4CC4)[nH]n3)n2)C1. The van der Waals surface area contributed by atoms with Gasteiger partial charge >= 0.3 is 0 Å². The van der Waals surface area contributed by atoms with E-state index >= 15 is 0 Å². The Morgan fingerprint density at radius 1 is 1.29 bits per heavy atom. The van der Waals surface area contributed by atoms with Gasteiger partial charge in [0.1, 0.15) is 5.82 Å². The second-order valence-corrected chi connectivity index (χ2v) is 7.21. The summed E-state index contributed by atoms with van der Waals surface area (Å²) in [6.45, 7) is 3.16. The van der Waals surface area contributed by atoms with Crippen molar-refractivity contribution in [2.45, 2.75) is 25.2 Å². The summed E-state index contributed by atoms with van der Waals surface area (Å²) in [6.07, 6.45) is 5.55. The van der Waals surface area contributed by atoms with Crippen molar-refractivity contribution < 1.29 is 0 Å². The molecule has 0 amide bonds. The molecule has 4 rings (SSSR count). The van der Waals surface area contributed by atoms with E-state index in [-0.39, 0.29) is 0 Å². The van der Waals surface area contributed by atoms with Gasteiger partial charge in [-0.25, -0.2) is 4.98 Å². The molecule has 24 heavy (non-hydrogen) atoms. The van der Waals surface area contributed by atoms with Gasteiger partial charge in [0.05, 0.1) is 0 Å². The van der Waals surface area contributed by atoms with E-state index in [9.17, 15) is 0 Å². The molecule has 2 aromatic heterocycles. The fourth-order valence-electron chi connectivity index (χ4n) is 3.39. The molecule has 0 aromatic carbocycles. The molecule has 7 heteroatoms. The number of nitrogens with one attached hydrogen (secondary N) is 2. The lowest BCUT2D eigenvalue weighted by atomic mass is 10.1. The Labute approximate surface area is 142 Å². The van der Waals surface area contributed by atoms with Gasteiger partial charge in [0.2, 0.25) is 5.95 Å². The summed E-state index contributed by atoms with van der Waals surface area (Å²) < 4.78 is 0. The van der Waals surface area contributed by atoms with E-state index in [1.165, 1.54) is 25.0 Å². The van der Waals surface area contributed by atoms with Crippen LogP contribution in [0.1, 0.15) is 30.9 Å². The van der Waals surface area contributed by atoms with E-state index in [0.717, 1.165) is 37.2 Å². The first-order valence-corrected chi connectivity index (χ1v) is 8.72. The number of hydrogen-bond acceptors (Lipinski definition) is 6. The monoisotopic (exact) mass is 327 g/mol. The number of aromatic nitrogens is 4. The van der Waals surface area contributed by atoms with Crippen molar-refractivity contribution in [2.75, 3.05) is 43.9 Å². The van der Waals surface area contributed by atoms with Crippen molar-refractivity contribution in [3.63, 3.8) is 0 Å². The van der Waals surface area contributed by atoms with Crippen LogP contribution in [0.5, 0.6) is 0 Å². The highest BCUT2D eigenvalue weighted by molar-refractivity contribution is 5.53. The Hall–Kier alpha value is -2.15. The third-order valence-corrected chi connectivity index (χ3v) is 4.71. The molecule has 1 saturated heterocycles. The van der Waals surface area contributed by atoms with Crippen LogP contribution in [0.2, 0.25) is 0 Å². The molecular weight excluding hydrogens is 302 g/mol. The molecule has 0 unspecified atom stereocenters. The Morgan fingerprint density at radius 2 is 2.17 bits per heavy atom. The first-order chi connectivity index (χ1) is 11.7. The molecule has 7 nitrogen and oxygen atoms in total. The molecule has 3 heterocycles. The van der Waals surface area contributed by atoms with Gasteiger partial charge in [-0.1, -0.05) is 0 Å². The normalized spacial score (nSPS) is 20.8. The van der Waals surface area contributed by atoms with Gasteiger partial charge in [-0.05, 0) is 45.3 Å². The van der Waals surface area contributed by atoms with Crippen LogP contribution in [-0.2, 0) is 0 Å². The molecule has 0 bridgehead atoms. The molecule has 2 fully saturated rings. The summed E-state index contributed by atoms with van der Waals surface area (Å²) in [5.41, 5.74) is 1.22. The predicted octanol–water partition coefficient (Wildman–Crippen LogP) is 2.21. The third-order valence-electron chi connectivity index (χ3n) is 4.71. The van der Waals surface area contributed by atoms with Gasteiger partial charge in [0, 0.05) is 43.5 Å². The average molecular weight is 327 g/mol. The molecule has 128 valence electrons. The summed E-state index contributed by atoms with van der Waals surface area (Å²) in [7, 11) is 4.26. The Kier molecular flexibility index (Phi) is 4.10. The van der Waals surface area contributed by atoms with Crippen LogP contribution in [0.25, 0.3) is 0 Å². The van der Waals surface area contributed by atoms with E-state index < -0.39 is 0 Å². The highest BCUT2D eigenvalue weighted by atomic mass is 15.3. The topological polar surface area (TPSA) is 73.0 Å². The van der Waals surface area contributed by atoms with Crippen LogP contribution < -0.4 is 10.2 Å². The van der Waals surface area contributed by atoms with Crippen LogP contribution in [0.4, 0.5) is 17.6 Å². The molecule has 1 atom stereocenters. The van der Waals surface area contributed by atoms with Gasteiger partial charge < -0.3 is 15.1 Å². The molecule has 0 radical (unpaired) electrons. The fourth-order valence-corrected chi connectivity index (χ4v) is 3.39. The van der Waals surface area contributed by atoms with Gasteiger partial charge in [0.15, 0.2) is 5.82 Å². The number of rotatable bonds is 6. The number of nitrogens with zero attached hydrogens (tertiary/aromatic N) is 5. The first-order valence-electron chi connectivity index (χ1n) is 8.72. The molecule has 1 saturated carbocycles. The summed E-state index contributed by atoms with van der Waals surface area (Å²) >= 11 is 0. The predicted molar refractivity (Wildman–Crippen MR) is 94.8 cm³/mol. The van der Waals surface area contributed by atoms with E-state index in [2.05, 4.69) is 55.4 Å². The highest BCUT2D eigenvalue weighted by Crippen LogP contribution is 2.39. The first kappa shape index (κ1) is 15.4. The molecule has 1 aliphatic heterocycles. The molecule has 0 spiro atoms. The van der Waals surface area contributed by atoms with Gasteiger partial charge in [-0.15, -0.1) is 0 Å². The lowest BCUT2D eigenvalue weighted by Gasteiger charge is -2.18. The minimum absolute atomic E-state index is 0.673. The van der Waals surface area contributed by atoms with E-state index in [1.54, 1.807) is 0 Å². The highest BCUT2D eigenvalue weighted by Gasteiger charge is 2.26. The Balaban J connectivity index is 1.41. The molecule has 2 N–H and O–H groups in total. The smallest absolute Gasteiger partial charge is 0.227 e. The lowest BCUT2D eigenvalue weighted by Crippen LogP contribution is -2.26. The van der Waals surface area contributed by atoms with Crippen molar-refractivity contribution in [3.05, 3.63) is 24.0 Å². The van der Waals surface area contributed by atoms with Gasteiger partial charge in [-0.2, -0.15) is 10.1 Å².